The number of benzene rings is 5. The van der Waals surface area contributed by atoms with Gasteiger partial charge >= 0.3 is 0 Å². The highest BCUT2D eigenvalue weighted by atomic mass is 79.9. The van der Waals surface area contributed by atoms with Gasteiger partial charge in [-0.1, -0.05) is 107 Å². The number of carbonyl (C=O) groups is 2. The minimum atomic E-state index is -0.515. The molecule has 1 aliphatic rings. The summed E-state index contributed by atoms with van der Waals surface area (Å²) in [6.45, 7) is 4.64. The maximum atomic E-state index is 12.7. The van der Waals surface area contributed by atoms with Gasteiger partial charge in [0.25, 0.3) is 17.3 Å². The van der Waals surface area contributed by atoms with E-state index in [2.05, 4.69) is 31.2 Å². The van der Waals surface area contributed by atoms with E-state index >= 15 is 0 Å². The summed E-state index contributed by atoms with van der Waals surface area (Å²) in [6, 6.07) is 40.0. The fourth-order valence-corrected chi connectivity index (χ4v) is 7.37. The number of hydrogen-bond donors (Lipinski definition) is 1. The minimum absolute atomic E-state index is 0.00477. The average molecular weight is 861 g/mol. The highest BCUT2D eigenvalue weighted by Gasteiger charge is 2.26. The molecule has 15 heteroatoms. The van der Waals surface area contributed by atoms with E-state index in [0.717, 1.165) is 31.7 Å². The topological polar surface area (TPSA) is 155 Å². The fourth-order valence-electron chi connectivity index (χ4n) is 6.32. The van der Waals surface area contributed by atoms with E-state index in [1.807, 2.05) is 114 Å². The summed E-state index contributed by atoms with van der Waals surface area (Å²) < 4.78 is 0.809. The van der Waals surface area contributed by atoms with Crippen LogP contribution in [-0.4, -0.2) is 59.0 Å². The number of anilines is 3. The first-order chi connectivity index (χ1) is 28.1. The Morgan fingerprint density at radius 2 is 1.48 bits per heavy atom. The number of hydrogen-bond acceptors (Lipinski definition) is 10. The Morgan fingerprint density at radius 3 is 2.12 bits per heavy atom. The molecule has 0 aliphatic carbocycles. The van der Waals surface area contributed by atoms with Crippen LogP contribution in [0.1, 0.15) is 31.9 Å². The predicted octanol–water partition coefficient (Wildman–Crippen LogP) is 9.31. The SMILES string of the molecule is Cc1ccccc1/C(=N\N(C=O)c1cc(N2CCN(C(=O)c3cccs3)CC2)ccc1[N+](=O)[O-])c1ccccc1.O=[N+]([O-])c1ccc(Br)cc1NCc1ccccc1. The molecule has 1 N–H and O–H groups in total. The van der Waals surface area contributed by atoms with Gasteiger partial charge in [-0.2, -0.15) is 10.1 Å². The lowest BCUT2D eigenvalue weighted by atomic mass is 9.98. The molecule has 5 aromatic carbocycles. The molecule has 2 heterocycles. The van der Waals surface area contributed by atoms with Crippen molar-refractivity contribution in [2.45, 2.75) is 13.5 Å². The van der Waals surface area contributed by atoms with Crippen molar-refractivity contribution in [1.29, 1.82) is 0 Å². The van der Waals surface area contributed by atoms with Crippen LogP contribution in [-0.2, 0) is 11.3 Å². The maximum Gasteiger partial charge on any atom is 0.295 e. The van der Waals surface area contributed by atoms with Crippen molar-refractivity contribution in [3.05, 3.63) is 191 Å². The third kappa shape index (κ3) is 10.2. The summed E-state index contributed by atoms with van der Waals surface area (Å²) in [5.41, 5.74) is 5.27. The molecule has 0 atom stereocenters. The zero-order valence-corrected chi connectivity index (χ0v) is 33.7. The van der Waals surface area contributed by atoms with Crippen LogP contribution >= 0.6 is 27.3 Å². The van der Waals surface area contributed by atoms with Crippen molar-refractivity contribution in [2.75, 3.05) is 41.4 Å². The molecule has 13 nitrogen and oxygen atoms in total. The molecule has 0 spiro atoms. The van der Waals surface area contributed by atoms with Crippen LogP contribution in [0, 0.1) is 27.2 Å². The Kier molecular flexibility index (Phi) is 13.7. The summed E-state index contributed by atoms with van der Waals surface area (Å²) >= 11 is 4.73. The normalized spacial score (nSPS) is 12.6. The van der Waals surface area contributed by atoms with Crippen LogP contribution in [0.2, 0.25) is 0 Å². The number of nitrogens with zero attached hydrogens (tertiary/aromatic N) is 6. The number of amides is 2. The third-order valence-electron chi connectivity index (χ3n) is 9.30. The summed E-state index contributed by atoms with van der Waals surface area (Å²) in [6.07, 6.45) is 0.491. The zero-order valence-electron chi connectivity index (χ0n) is 31.3. The summed E-state index contributed by atoms with van der Waals surface area (Å²) in [5, 5.41) is 33.6. The molecule has 58 heavy (non-hydrogen) atoms. The molecule has 6 aromatic rings. The molecule has 0 unspecified atom stereocenters. The molecule has 7 rings (SSSR count). The second-order valence-corrected chi connectivity index (χ2v) is 14.9. The maximum absolute atomic E-state index is 12.7. The first-order valence-corrected chi connectivity index (χ1v) is 19.8. The second kappa shape index (κ2) is 19.4. The van der Waals surface area contributed by atoms with Crippen LogP contribution in [0.5, 0.6) is 0 Å². The lowest BCUT2D eigenvalue weighted by Crippen LogP contribution is -2.48. The first-order valence-electron chi connectivity index (χ1n) is 18.2. The van der Waals surface area contributed by atoms with Crippen LogP contribution in [0.25, 0.3) is 0 Å². The van der Waals surface area contributed by atoms with Crippen molar-refractivity contribution < 1.29 is 19.4 Å². The van der Waals surface area contributed by atoms with E-state index in [0.29, 0.717) is 61.1 Å². The van der Waals surface area contributed by atoms with E-state index in [1.165, 1.54) is 23.5 Å². The second-order valence-electron chi connectivity index (χ2n) is 13.0. The largest absolute Gasteiger partial charge is 0.375 e. The van der Waals surface area contributed by atoms with E-state index in [-0.39, 0.29) is 27.9 Å². The van der Waals surface area contributed by atoms with Gasteiger partial charge in [-0.05, 0) is 53.8 Å². The minimum Gasteiger partial charge on any atom is -0.375 e. The van der Waals surface area contributed by atoms with Gasteiger partial charge in [0, 0.05) is 66.1 Å². The molecule has 1 saturated heterocycles. The van der Waals surface area contributed by atoms with Crippen molar-refractivity contribution in [3.63, 3.8) is 0 Å². The quantitative estimate of drug-likeness (QED) is 0.0553. The van der Waals surface area contributed by atoms with Crippen LogP contribution in [0.3, 0.4) is 0 Å². The number of aryl methyl sites for hydroxylation is 1. The highest BCUT2D eigenvalue weighted by molar-refractivity contribution is 9.10. The third-order valence-corrected chi connectivity index (χ3v) is 10.7. The fraction of sp³-hybridized carbons (Fsp3) is 0.140. The molecule has 2 amide bonds. The molecule has 294 valence electrons. The van der Waals surface area contributed by atoms with Gasteiger partial charge in [-0.25, -0.2) is 0 Å². The van der Waals surface area contributed by atoms with Gasteiger partial charge in [0.05, 0.1) is 20.4 Å². The number of nitro benzene ring substituents is 2. The molecule has 1 fully saturated rings. The predicted molar refractivity (Wildman–Crippen MR) is 232 cm³/mol. The van der Waals surface area contributed by atoms with Crippen LogP contribution in [0.15, 0.2) is 148 Å². The van der Waals surface area contributed by atoms with Gasteiger partial charge in [0.2, 0.25) is 6.41 Å². The Bertz CT molecular complexity index is 2410. The zero-order chi connectivity index (χ0) is 41.0. The van der Waals surface area contributed by atoms with Gasteiger partial charge in [0.1, 0.15) is 11.4 Å². The number of rotatable bonds is 12. The molecular formula is C43H38BrN7O6S. The number of thiophene rings is 1. The Hall–Kier alpha value is -6.71. The van der Waals surface area contributed by atoms with E-state index in [4.69, 9.17) is 0 Å². The lowest BCUT2D eigenvalue weighted by Gasteiger charge is -2.36. The van der Waals surface area contributed by atoms with Gasteiger partial charge in [-0.15, -0.1) is 11.3 Å². The van der Waals surface area contributed by atoms with Crippen LogP contribution < -0.4 is 15.2 Å². The Balaban J connectivity index is 0.000000263. The molecular weight excluding hydrogens is 822 g/mol. The van der Waals surface area contributed by atoms with Crippen molar-refractivity contribution in [3.8, 4) is 0 Å². The standard InChI is InChI=1S/C30H27N5O4S.C13H11BrN2O2/c1-22-8-5-6-11-25(22)29(23-9-3-2-4-10-23)31-34(21-36)27-20-24(13-14-26(27)35(38)39)32-15-17-33(18-16-32)30(37)28-12-7-19-40-28;14-11-6-7-13(16(17)18)12(8-11)15-9-10-4-2-1-3-5-10/h2-14,19-21H,15-18H2,1H3;1-8,15H,9H2/b31-29-;. The lowest BCUT2D eigenvalue weighted by molar-refractivity contribution is -0.384. The van der Waals surface area contributed by atoms with Gasteiger partial charge in [-0.3, -0.25) is 29.8 Å². The number of nitrogens with one attached hydrogen (secondary N) is 1. The number of carbonyl (C=O) groups excluding carboxylic acids is 2. The number of piperazine rings is 1. The molecule has 1 aromatic heterocycles. The van der Waals surface area contributed by atoms with E-state index in [9.17, 15) is 29.8 Å². The summed E-state index contributed by atoms with van der Waals surface area (Å²) in [5.74, 6) is 0.00477. The number of nitro groups is 2. The van der Waals surface area contributed by atoms with Crippen molar-refractivity contribution in [2.24, 2.45) is 5.10 Å². The Labute approximate surface area is 347 Å². The summed E-state index contributed by atoms with van der Waals surface area (Å²) in [7, 11) is 0. The number of halogens is 1. The molecule has 0 radical (unpaired) electrons. The van der Waals surface area contributed by atoms with Crippen molar-refractivity contribution >= 4 is 73.7 Å². The van der Waals surface area contributed by atoms with Gasteiger partial charge < -0.3 is 15.1 Å². The highest BCUT2D eigenvalue weighted by Crippen LogP contribution is 2.34. The van der Waals surface area contributed by atoms with Gasteiger partial charge in [0.15, 0.2) is 0 Å². The smallest absolute Gasteiger partial charge is 0.295 e. The van der Waals surface area contributed by atoms with E-state index < -0.39 is 4.92 Å². The molecule has 1 aliphatic heterocycles. The first kappa shape index (κ1) is 40.9. The number of hydrazone groups is 1. The van der Waals surface area contributed by atoms with Crippen LogP contribution in [0.4, 0.5) is 28.4 Å². The van der Waals surface area contributed by atoms with Crippen molar-refractivity contribution in [1.82, 2.24) is 4.90 Å². The molecule has 0 saturated carbocycles. The average Bonchev–Trinajstić information content (AvgIpc) is 3.80. The Morgan fingerprint density at radius 1 is 0.828 bits per heavy atom. The monoisotopic (exact) mass is 859 g/mol. The van der Waals surface area contributed by atoms with E-state index in [1.54, 1.807) is 24.3 Å². The molecule has 0 bridgehead atoms. The summed E-state index contributed by atoms with van der Waals surface area (Å²) in [4.78, 5) is 51.7.